The lowest BCUT2D eigenvalue weighted by Crippen LogP contribution is -2.47. The molecule has 0 saturated carbocycles. The molecule has 0 atom stereocenters. The zero-order valence-corrected chi connectivity index (χ0v) is 14.1. The van der Waals surface area contributed by atoms with Crippen molar-refractivity contribution in [2.75, 3.05) is 18.8 Å². The van der Waals surface area contributed by atoms with Gasteiger partial charge in [-0.1, -0.05) is 27.7 Å². The average molecular weight is 319 g/mol. The molecule has 0 aliphatic heterocycles. The lowest BCUT2D eigenvalue weighted by atomic mass is 10.1. The summed E-state index contributed by atoms with van der Waals surface area (Å²) in [6.45, 7) is 8.83. The van der Waals surface area contributed by atoms with Crippen molar-refractivity contribution in [2.24, 2.45) is 11.8 Å². The van der Waals surface area contributed by atoms with Crippen molar-refractivity contribution >= 4 is 23.4 Å². The van der Waals surface area contributed by atoms with E-state index in [9.17, 15) is 14.4 Å². The predicted molar refractivity (Wildman–Crippen MR) is 89.6 cm³/mol. The molecular weight excluding hydrogens is 294 g/mol. The Bertz CT molecular complexity index is 555. The van der Waals surface area contributed by atoms with Crippen molar-refractivity contribution in [3.63, 3.8) is 0 Å². The fraction of sp³-hybridized carbons (Fsp3) is 0.471. The Kier molecular flexibility index (Phi) is 6.75. The molecule has 0 unspecified atom stereocenters. The highest BCUT2D eigenvalue weighted by atomic mass is 16.2. The number of rotatable bonds is 5. The van der Waals surface area contributed by atoms with Gasteiger partial charge in [-0.05, 0) is 36.1 Å². The zero-order valence-electron chi connectivity index (χ0n) is 14.1. The number of nitrogens with zero attached hydrogens (tertiary/aromatic N) is 1. The fourth-order valence-corrected chi connectivity index (χ4v) is 2.13. The second-order valence-electron chi connectivity index (χ2n) is 6.40. The van der Waals surface area contributed by atoms with E-state index in [0.29, 0.717) is 18.8 Å². The minimum Gasteiger partial charge on any atom is -0.399 e. The monoisotopic (exact) mass is 319 g/mol. The van der Waals surface area contributed by atoms with Crippen LogP contribution in [0.5, 0.6) is 0 Å². The van der Waals surface area contributed by atoms with Gasteiger partial charge in [0.05, 0.1) is 0 Å². The third-order valence-electron chi connectivity index (χ3n) is 3.05. The molecular formula is C17H25N3O3. The normalized spacial score (nSPS) is 10.7. The summed E-state index contributed by atoms with van der Waals surface area (Å²) in [7, 11) is 0. The van der Waals surface area contributed by atoms with Gasteiger partial charge < -0.3 is 10.6 Å². The van der Waals surface area contributed by atoms with Crippen LogP contribution in [0.2, 0.25) is 0 Å². The quantitative estimate of drug-likeness (QED) is 0.638. The van der Waals surface area contributed by atoms with E-state index in [-0.39, 0.29) is 17.4 Å². The van der Waals surface area contributed by atoms with Crippen LogP contribution in [0.4, 0.5) is 5.69 Å². The second kappa shape index (κ2) is 8.31. The van der Waals surface area contributed by atoms with E-state index in [0.717, 1.165) is 0 Å². The van der Waals surface area contributed by atoms with Crippen molar-refractivity contribution in [3.8, 4) is 0 Å². The first-order valence-electron chi connectivity index (χ1n) is 7.70. The first-order valence-corrected chi connectivity index (χ1v) is 7.70. The van der Waals surface area contributed by atoms with Crippen molar-refractivity contribution < 1.29 is 14.4 Å². The van der Waals surface area contributed by atoms with Crippen molar-refractivity contribution in [2.45, 2.75) is 27.7 Å². The average Bonchev–Trinajstić information content (AvgIpc) is 2.45. The number of carbonyl (C=O) groups excluding carboxylic acids is 3. The summed E-state index contributed by atoms with van der Waals surface area (Å²) in [5.74, 6) is -1.74. The Balaban J connectivity index is 2.75. The summed E-state index contributed by atoms with van der Waals surface area (Å²) >= 11 is 0. The molecule has 0 radical (unpaired) electrons. The highest BCUT2D eigenvalue weighted by Crippen LogP contribution is 2.07. The van der Waals surface area contributed by atoms with Crippen LogP contribution in [-0.4, -0.2) is 35.7 Å². The van der Waals surface area contributed by atoms with Crippen molar-refractivity contribution in [3.05, 3.63) is 29.8 Å². The van der Waals surface area contributed by atoms with Gasteiger partial charge in [-0.2, -0.15) is 0 Å². The highest BCUT2D eigenvalue weighted by molar-refractivity contribution is 6.38. The first-order chi connectivity index (χ1) is 10.7. The first kappa shape index (κ1) is 18.7. The molecule has 6 heteroatoms. The Morgan fingerprint density at radius 1 is 1.00 bits per heavy atom. The second-order valence-corrected chi connectivity index (χ2v) is 6.40. The minimum absolute atomic E-state index is 0.235. The Labute approximate surface area is 137 Å². The molecule has 0 spiro atoms. The topological polar surface area (TPSA) is 92.5 Å². The van der Waals surface area contributed by atoms with Gasteiger partial charge in [-0.3, -0.25) is 19.7 Å². The predicted octanol–water partition coefficient (Wildman–Crippen LogP) is 1.67. The number of benzene rings is 1. The van der Waals surface area contributed by atoms with Crippen LogP contribution in [0.3, 0.4) is 0 Å². The molecule has 3 amide bonds. The molecule has 0 aliphatic carbocycles. The van der Waals surface area contributed by atoms with E-state index in [4.69, 9.17) is 5.73 Å². The summed E-state index contributed by atoms with van der Waals surface area (Å²) < 4.78 is 0. The van der Waals surface area contributed by atoms with Crippen LogP contribution in [0.25, 0.3) is 0 Å². The maximum atomic E-state index is 12.3. The number of imide groups is 1. The van der Waals surface area contributed by atoms with Gasteiger partial charge in [0.25, 0.3) is 5.91 Å². The third-order valence-corrected chi connectivity index (χ3v) is 3.05. The van der Waals surface area contributed by atoms with E-state index >= 15 is 0 Å². The molecule has 3 N–H and O–H groups in total. The lowest BCUT2D eigenvalue weighted by molar-refractivity contribution is -0.146. The molecule has 6 nitrogen and oxygen atoms in total. The fourth-order valence-electron chi connectivity index (χ4n) is 2.13. The molecule has 0 aromatic heterocycles. The van der Waals surface area contributed by atoms with Gasteiger partial charge in [-0.15, -0.1) is 0 Å². The maximum Gasteiger partial charge on any atom is 0.316 e. The number of anilines is 1. The van der Waals surface area contributed by atoms with E-state index in [1.165, 1.54) is 17.0 Å². The molecule has 1 aromatic carbocycles. The van der Waals surface area contributed by atoms with Gasteiger partial charge in [0, 0.05) is 24.3 Å². The molecule has 126 valence electrons. The molecule has 0 aliphatic rings. The van der Waals surface area contributed by atoms with Crippen LogP contribution in [0, 0.1) is 11.8 Å². The smallest absolute Gasteiger partial charge is 0.316 e. The van der Waals surface area contributed by atoms with Gasteiger partial charge in [0.1, 0.15) is 0 Å². The maximum absolute atomic E-state index is 12.3. The van der Waals surface area contributed by atoms with Gasteiger partial charge >= 0.3 is 11.8 Å². The van der Waals surface area contributed by atoms with Crippen LogP contribution >= 0.6 is 0 Å². The standard InChI is InChI=1S/C17H25N3O3/c1-11(2)9-20(10-12(3)4)17(23)16(22)19-15(21)13-5-7-14(18)8-6-13/h5-8,11-12H,9-10,18H2,1-4H3,(H,19,21,22). The molecule has 1 aromatic rings. The Morgan fingerprint density at radius 3 is 1.91 bits per heavy atom. The van der Waals surface area contributed by atoms with Gasteiger partial charge in [-0.25, -0.2) is 0 Å². The van der Waals surface area contributed by atoms with Crippen molar-refractivity contribution in [1.82, 2.24) is 10.2 Å². The molecule has 0 bridgehead atoms. The summed E-state index contributed by atoms with van der Waals surface area (Å²) in [5, 5.41) is 2.13. The number of nitrogen functional groups attached to an aromatic ring is 1. The van der Waals surface area contributed by atoms with Crippen molar-refractivity contribution in [1.29, 1.82) is 0 Å². The van der Waals surface area contributed by atoms with Crippen LogP contribution < -0.4 is 11.1 Å². The van der Waals surface area contributed by atoms with Gasteiger partial charge in [0.15, 0.2) is 0 Å². The number of hydrogen-bond donors (Lipinski definition) is 2. The molecule has 0 heterocycles. The number of nitrogens with one attached hydrogen (secondary N) is 1. The molecule has 0 saturated heterocycles. The highest BCUT2D eigenvalue weighted by Gasteiger charge is 2.25. The largest absolute Gasteiger partial charge is 0.399 e. The van der Waals surface area contributed by atoms with Crippen LogP contribution in [-0.2, 0) is 9.59 Å². The Morgan fingerprint density at radius 2 is 1.48 bits per heavy atom. The van der Waals surface area contributed by atoms with Crippen LogP contribution in [0.15, 0.2) is 24.3 Å². The molecule has 23 heavy (non-hydrogen) atoms. The number of hydrogen-bond acceptors (Lipinski definition) is 4. The van der Waals surface area contributed by atoms with E-state index < -0.39 is 17.7 Å². The summed E-state index contributed by atoms with van der Waals surface area (Å²) in [4.78, 5) is 37.8. The van der Waals surface area contributed by atoms with Crippen LogP contribution in [0.1, 0.15) is 38.1 Å². The third kappa shape index (κ3) is 6.10. The molecule has 0 fully saturated rings. The SMILES string of the molecule is CC(C)CN(CC(C)C)C(=O)C(=O)NC(=O)c1ccc(N)cc1. The summed E-state index contributed by atoms with van der Waals surface area (Å²) in [5.41, 5.74) is 6.34. The zero-order chi connectivity index (χ0) is 17.6. The number of carbonyl (C=O) groups is 3. The summed E-state index contributed by atoms with van der Waals surface area (Å²) in [6.07, 6.45) is 0. The Hall–Kier alpha value is -2.37. The van der Waals surface area contributed by atoms with E-state index in [1.807, 2.05) is 27.7 Å². The van der Waals surface area contributed by atoms with E-state index in [1.54, 1.807) is 12.1 Å². The minimum atomic E-state index is -0.909. The van der Waals surface area contributed by atoms with Gasteiger partial charge in [0.2, 0.25) is 0 Å². The number of nitrogens with two attached hydrogens (primary N) is 1. The number of amides is 3. The summed E-state index contributed by atoms with van der Waals surface area (Å²) in [6, 6.07) is 6.13. The molecule has 1 rings (SSSR count). The lowest BCUT2D eigenvalue weighted by Gasteiger charge is -2.25. The van der Waals surface area contributed by atoms with E-state index in [2.05, 4.69) is 5.32 Å².